The molecule has 0 saturated carbocycles. The molecule has 1 aromatic carbocycles. The second-order valence-electron chi connectivity index (χ2n) is 5.71. The van der Waals surface area contributed by atoms with Gasteiger partial charge < -0.3 is 20.1 Å². The van der Waals surface area contributed by atoms with Gasteiger partial charge in [-0.15, -0.1) is 10.2 Å². The van der Waals surface area contributed by atoms with Crippen LogP contribution >= 0.6 is 0 Å². The number of nitrogens with zero attached hydrogens (tertiary/aromatic N) is 4. The van der Waals surface area contributed by atoms with Crippen molar-refractivity contribution in [2.75, 3.05) is 25.1 Å². The SMILES string of the molecule is COc1ccc(N2CCn3c2nnc(C(=O)NC[C@@H](C)O)c3=O)cc1. The molecule has 1 aromatic heterocycles. The second-order valence-corrected chi connectivity index (χ2v) is 5.71. The van der Waals surface area contributed by atoms with Gasteiger partial charge in [0.2, 0.25) is 11.6 Å². The summed E-state index contributed by atoms with van der Waals surface area (Å²) in [5, 5.41) is 19.5. The van der Waals surface area contributed by atoms with Crippen LogP contribution in [0.5, 0.6) is 5.75 Å². The van der Waals surface area contributed by atoms with Crippen molar-refractivity contribution in [1.29, 1.82) is 0 Å². The van der Waals surface area contributed by atoms with Crippen LogP contribution in [0.25, 0.3) is 0 Å². The van der Waals surface area contributed by atoms with Gasteiger partial charge in [0.05, 0.1) is 13.2 Å². The number of nitrogens with one attached hydrogen (secondary N) is 1. The number of aromatic nitrogens is 3. The standard InChI is InChI=1S/C16H19N5O4/c1-10(22)9-17-14(23)13-15(24)21-8-7-20(16(21)19-18-13)11-3-5-12(25-2)6-4-11/h3-6,10,22H,7-9H2,1-2H3,(H,17,23)/t10-/m1/s1. The normalized spacial score (nSPS) is 14.1. The van der Waals surface area contributed by atoms with Crippen molar-refractivity contribution in [3.05, 3.63) is 40.3 Å². The van der Waals surface area contributed by atoms with E-state index in [-0.39, 0.29) is 12.2 Å². The minimum atomic E-state index is -0.709. The third kappa shape index (κ3) is 3.31. The maximum atomic E-state index is 12.5. The Morgan fingerprint density at radius 1 is 1.32 bits per heavy atom. The summed E-state index contributed by atoms with van der Waals surface area (Å²) in [6.07, 6.45) is -0.709. The first-order valence-electron chi connectivity index (χ1n) is 7.86. The van der Waals surface area contributed by atoms with E-state index in [1.54, 1.807) is 7.11 Å². The van der Waals surface area contributed by atoms with Crippen molar-refractivity contribution in [3.63, 3.8) is 0 Å². The summed E-state index contributed by atoms with van der Waals surface area (Å²) in [4.78, 5) is 26.4. The molecule has 1 aliphatic heterocycles. The number of carbonyl (C=O) groups excluding carboxylic acids is 1. The Hall–Kier alpha value is -2.94. The smallest absolute Gasteiger partial charge is 0.286 e. The summed E-state index contributed by atoms with van der Waals surface area (Å²) in [5.74, 6) is 0.482. The van der Waals surface area contributed by atoms with E-state index in [1.807, 2.05) is 29.2 Å². The average Bonchev–Trinajstić information content (AvgIpc) is 3.05. The molecule has 2 N–H and O–H groups in total. The molecule has 0 spiro atoms. The zero-order valence-corrected chi connectivity index (χ0v) is 14.0. The van der Waals surface area contributed by atoms with Crippen molar-refractivity contribution < 1.29 is 14.6 Å². The fourth-order valence-corrected chi connectivity index (χ4v) is 2.58. The maximum Gasteiger partial charge on any atom is 0.286 e. The van der Waals surface area contributed by atoms with Crippen molar-refractivity contribution in [2.45, 2.75) is 19.6 Å². The molecule has 1 amide bonds. The summed E-state index contributed by atoms with van der Waals surface area (Å²) in [7, 11) is 1.59. The number of anilines is 2. The molecule has 25 heavy (non-hydrogen) atoms. The summed E-state index contributed by atoms with van der Waals surface area (Å²) < 4.78 is 6.56. The van der Waals surface area contributed by atoms with Gasteiger partial charge >= 0.3 is 0 Å². The number of methoxy groups -OCH3 is 1. The van der Waals surface area contributed by atoms with Crippen LogP contribution in [0.3, 0.4) is 0 Å². The Morgan fingerprint density at radius 3 is 2.68 bits per heavy atom. The molecule has 0 unspecified atom stereocenters. The third-order valence-electron chi connectivity index (χ3n) is 3.87. The van der Waals surface area contributed by atoms with E-state index < -0.39 is 17.6 Å². The molecule has 3 rings (SSSR count). The number of ether oxygens (including phenoxy) is 1. The quantitative estimate of drug-likeness (QED) is 0.779. The van der Waals surface area contributed by atoms with Gasteiger partial charge in [-0.2, -0.15) is 0 Å². The summed E-state index contributed by atoms with van der Waals surface area (Å²) >= 11 is 0. The zero-order valence-electron chi connectivity index (χ0n) is 14.0. The Labute approximate surface area is 143 Å². The van der Waals surface area contributed by atoms with Crippen LogP contribution in [0.15, 0.2) is 29.1 Å². The van der Waals surface area contributed by atoms with E-state index in [0.717, 1.165) is 11.4 Å². The predicted octanol–water partition coefficient (Wildman–Crippen LogP) is -0.0908. The van der Waals surface area contributed by atoms with E-state index >= 15 is 0 Å². The highest BCUT2D eigenvalue weighted by Crippen LogP contribution is 2.27. The van der Waals surface area contributed by atoms with Crippen molar-refractivity contribution in [3.8, 4) is 5.75 Å². The molecule has 1 aliphatic rings. The zero-order chi connectivity index (χ0) is 18.0. The lowest BCUT2D eigenvalue weighted by Gasteiger charge is -2.17. The molecule has 0 fully saturated rings. The highest BCUT2D eigenvalue weighted by Gasteiger charge is 2.27. The lowest BCUT2D eigenvalue weighted by molar-refractivity contribution is 0.0915. The average molecular weight is 345 g/mol. The molecule has 0 radical (unpaired) electrons. The summed E-state index contributed by atoms with van der Waals surface area (Å²) in [6.45, 7) is 2.54. The highest BCUT2D eigenvalue weighted by atomic mass is 16.5. The number of rotatable bonds is 5. The van der Waals surface area contributed by atoms with Gasteiger partial charge in [0.15, 0.2) is 0 Å². The summed E-state index contributed by atoms with van der Waals surface area (Å²) in [6, 6.07) is 7.37. The van der Waals surface area contributed by atoms with Crippen LogP contribution in [0.2, 0.25) is 0 Å². The van der Waals surface area contributed by atoms with E-state index in [2.05, 4.69) is 15.5 Å². The van der Waals surface area contributed by atoms with Gasteiger partial charge in [0.25, 0.3) is 11.5 Å². The molecule has 0 saturated heterocycles. The molecule has 9 heteroatoms. The minimum absolute atomic E-state index is 0.0413. The molecule has 2 aromatic rings. The number of aliphatic hydroxyl groups excluding tert-OH is 1. The number of aliphatic hydroxyl groups is 1. The van der Waals surface area contributed by atoms with Crippen molar-refractivity contribution in [2.24, 2.45) is 0 Å². The molecule has 0 aliphatic carbocycles. The van der Waals surface area contributed by atoms with E-state index in [1.165, 1.54) is 11.5 Å². The van der Waals surface area contributed by atoms with Crippen LogP contribution in [-0.2, 0) is 6.54 Å². The molecular formula is C16H19N5O4. The fraction of sp³-hybridized carbons (Fsp3) is 0.375. The topological polar surface area (TPSA) is 110 Å². The summed E-state index contributed by atoms with van der Waals surface area (Å²) in [5.41, 5.74) is 0.0807. The van der Waals surface area contributed by atoms with Gasteiger partial charge in [-0.3, -0.25) is 14.2 Å². The van der Waals surface area contributed by atoms with Gasteiger partial charge in [0.1, 0.15) is 5.75 Å². The van der Waals surface area contributed by atoms with E-state index in [9.17, 15) is 14.7 Å². The van der Waals surface area contributed by atoms with Gasteiger partial charge in [-0.25, -0.2) is 0 Å². The van der Waals surface area contributed by atoms with E-state index in [0.29, 0.717) is 19.0 Å². The van der Waals surface area contributed by atoms with Crippen molar-refractivity contribution >= 4 is 17.5 Å². The third-order valence-corrected chi connectivity index (χ3v) is 3.87. The fourth-order valence-electron chi connectivity index (χ4n) is 2.58. The molecule has 2 heterocycles. The largest absolute Gasteiger partial charge is 0.497 e. The van der Waals surface area contributed by atoms with Gasteiger partial charge in [-0.1, -0.05) is 0 Å². The first kappa shape index (κ1) is 16.9. The number of carbonyl (C=O) groups is 1. The number of hydrogen-bond donors (Lipinski definition) is 2. The van der Waals surface area contributed by atoms with Gasteiger partial charge in [0, 0.05) is 25.3 Å². The van der Waals surface area contributed by atoms with Gasteiger partial charge in [-0.05, 0) is 31.2 Å². The molecular weight excluding hydrogens is 326 g/mol. The first-order valence-corrected chi connectivity index (χ1v) is 7.86. The molecule has 9 nitrogen and oxygen atoms in total. The molecule has 132 valence electrons. The van der Waals surface area contributed by atoms with Crippen LogP contribution < -0.4 is 20.5 Å². The molecule has 0 bridgehead atoms. The highest BCUT2D eigenvalue weighted by molar-refractivity contribution is 5.91. The Kier molecular flexibility index (Phi) is 4.66. The number of benzene rings is 1. The number of amides is 1. The molecule has 1 atom stereocenters. The van der Waals surface area contributed by atoms with Crippen molar-refractivity contribution in [1.82, 2.24) is 20.1 Å². The Balaban J connectivity index is 1.87. The van der Waals surface area contributed by atoms with Crippen LogP contribution in [0, 0.1) is 0 Å². The maximum absolute atomic E-state index is 12.5. The number of hydrogen-bond acceptors (Lipinski definition) is 7. The lowest BCUT2D eigenvalue weighted by atomic mass is 10.3. The second kappa shape index (κ2) is 6.89. The van der Waals surface area contributed by atoms with Crippen LogP contribution in [-0.4, -0.2) is 52.1 Å². The Morgan fingerprint density at radius 2 is 2.04 bits per heavy atom. The van der Waals surface area contributed by atoms with Crippen LogP contribution in [0.4, 0.5) is 11.6 Å². The lowest BCUT2D eigenvalue weighted by Crippen LogP contribution is -2.37. The van der Waals surface area contributed by atoms with Crippen LogP contribution in [0.1, 0.15) is 17.4 Å². The van der Waals surface area contributed by atoms with E-state index in [4.69, 9.17) is 4.74 Å². The predicted molar refractivity (Wildman–Crippen MR) is 90.3 cm³/mol. The number of fused-ring (bicyclic) bond motifs is 1. The first-order chi connectivity index (χ1) is 12.0. The minimum Gasteiger partial charge on any atom is -0.497 e. The Bertz CT molecular complexity index is 831. The monoisotopic (exact) mass is 345 g/mol.